The molecule has 2 amide bonds. The van der Waals surface area contributed by atoms with E-state index in [1.54, 1.807) is 41.3 Å². The monoisotopic (exact) mass is 414 g/mol. The molecule has 0 heterocycles. The second-order valence-electron chi connectivity index (χ2n) is 5.60. The van der Waals surface area contributed by atoms with Crippen LogP contribution in [0, 0.1) is 11.3 Å². The number of carbonyl (C=O) groups excluding carboxylic acids is 2. The van der Waals surface area contributed by atoms with Crippen molar-refractivity contribution in [1.29, 1.82) is 5.26 Å². The predicted molar refractivity (Wildman–Crippen MR) is 105 cm³/mol. The highest BCUT2D eigenvalue weighted by atomic mass is 79.9. The highest BCUT2D eigenvalue weighted by Crippen LogP contribution is 2.14. The van der Waals surface area contributed by atoms with Crippen LogP contribution in [0.15, 0.2) is 53.0 Å². The van der Waals surface area contributed by atoms with Crippen LogP contribution in [0.2, 0.25) is 0 Å². The highest BCUT2D eigenvalue weighted by Gasteiger charge is 2.13. The molecule has 0 fully saturated rings. The van der Waals surface area contributed by atoms with Gasteiger partial charge in [-0.05, 0) is 55.1 Å². The summed E-state index contributed by atoms with van der Waals surface area (Å²) in [4.78, 5) is 26.1. The Labute approximate surface area is 160 Å². The summed E-state index contributed by atoms with van der Waals surface area (Å²) in [5, 5.41) is 14.3. The van der Waals surface area contributed by atoms with Crippen molar-refractivity contribution in [3.8, 4) is 6.07 Å². The summed E-state index contributed by atoms with van der Waals surface area (Å²) in [6.45, 7) is 2.67. The fourth-order valence-electron chi connectivity index (χ4n) is 2.25. The van der Waals surface area contributed by atoms with E-state index in [1.807, 2.05) is 25.1 Å². The largest absolute Gasteiger partial charge is 0.325 e. The van der Waals surface area contributed by atoms with Crippen molar-refractivity contribution < 1.29 is 9.59 Å². The molecule has 2 aromatic carbocycles. The molecule has 0 unspecified atom stereocenters. The third-order valence-electron chi connectivity index (χ3n) is 3.61. The molecule has 2 rings (SSSR count). The van der Waals surface area contributed by atoms with Gasteiger partial charge in [0.15, 0.2) is 0 Å². The first kappa shape index (κ1) is 19.6. The van der Waals surface area contributed by atoms with Gasteiger partial charge in [0.2, 0.25) is 11.8 Å². The number of likely N-dealkylation sites (N-methyl/N-ethyl adjacent to an activating group) is 1. The summed E-state index contributed by atoms with van der Waals surface area (Å²) < 4.78 is 0.935. The number of benzene rings is 2. The van der Waals surface area contributed by atoms with Gasteiger partial charge < -0.3 is 10.6 Å². The van der Waals surface area contributed by atoms with Gasteiger partial charge in [-0.3, -0.25) is 14.5 Å². The Kier molecular flexibility index (Phi) is 7.33. The van der Waals surface area contributed by atoms with Crippen molar-refractivity contribution >= 4 is 39.1 Å². The fourth-order valence-corrected chi connectivity index (χ4v) is 2.51. The van der Waals surface area contributed by atoms with Gasteiger partial charge in [0, 0.05) is 15.8 Å². The van der Waals surface area contributed by atoms with Gasteiger partial charge in [-0.15, -0.1) is 0 Å². The number of hydrogen-bond donors (Lipinski definition) is 2. The first-order valence-corrected chi connectivity index (χ1v) is 8.87. The lowest BCUT2D eigenvalue weighted by atomic mass is 10.2. The Morgan fingerprint density at radius 1 is 0.962 bits per heavy atom. The standard InChI is InChI=1S/C19H19BrN4O2/c1-2-24(13-19(26)23-17-9-5-15(20)6-10-17)12-18(25)22-16-7-3-14(11-21)4-8-16/h3-10H,2,12-13H2,1H3,(H,22,25)(H,23,26). The number of amides is 2. The lowest BCUT2D eigenvalue weighted by Crippen LogP contribution is -2.38. The molecule has 0 aliphatic heterocycles. The van der Waals surface area contributed by atoms with Crippen LogP contribution in [0.25, 0.3) is 0 Å². The van der Waals surface area contributed by atoms with Crippen molar-refractivity contribution in [2.75, 3.05) is 30.3 Å². The van der Waals surface area contributed by atoms with Crippen molar-refractivity contribution in [3.63, 3.8) is 0 Å². The van der Waals surface area contributed by atoms with E-state index < -0.39 is 0 Å². The second kappa shape index (κ2) is 9.70. The molecule has 0 radical (unpaired) electrons. The van der Waals surface area contributed by atoms with Crippen molar-refractivity contribution in [2.24, 2.45) is 0 Å². The van der Waals surface area contributed by atoms with Crippen LogP contribution in [0.3, 0.4) is 0 Å². The molecule has 0 saturated carbocycles. The molecular weight excluding hydrogens is 396 g/mol. The van der Waals surface area contributed by atoms with Crippen LogP contribution in [0.5, 0.6) is 0 Å². The van der Waals surface area contributed by atoms with Crippen LogP contribution >= 0.6 is 15.9 Å². The molecule has 0 saturated heterocycles. The number of nitrogens with zero attached hydrogens (tertiary/aromatic N) is 2. The zero-order valence-corrected chi connectivity index (χ0v) is 15.9. The maximum absolute atomic E-state index is 12.2. The first-order chi connectivity index (χ1) is 12.5. The Morgan fingerprint density at radius 2 is 1.42 bits per heavy atom. The Hall–Kier alpha value is -2.69. The third kappa shape index (κ3) is 6.31. The molecule has 0 atom stereocenters. The number of carbonyl (C=O) groups is 2. The summed E-state index contributed by atoms with van der Waals surface area (Å²) in [5.74, 6) is -0.395. The number of hydrogen-bond acceptors (Lipinski definition) is 4. The first-order valence-electron chi connectivity index (χ1n) is 8.08. The van der Waals surface area contributed by atoms with Crippen LogP contribution < -0.4 is 10.6 Å². The lowest BCUT2D eigenvalue weighted by Gasteiger charge is -2.19. The molecule has 7 heteroatoms. The minimum atomic E-state index is -0.215. The topological polar surface area (TPSA) is 85.2 Å². The van der Waals surface area contributed by atoms with Gasteiger partial charge in [-0.25, -0.2) is 0 Å². The summed E-state index contributed by atoms with van der Waals surface area (Å²) in [7, 11) is 0. The molecule has 0 aromatic heterocycles. The molecule has 0 bridgehead atoms. The van der Waals surface area contributed by atoms with Gasteiger partial charge in [0.25, 0.3) is 0 Å². The Morgan fingerprint density at radius 3 is 1.85 bits per heavy atom. The molecular formula is C19H19BrN4O2. The molecule has 26 heavy (non-hydrogen) atoms. The molecule has 0 spiro atoms. The molecule has 2 N–H and O–H groups in total. The summed E-state index contributed by atoms with van der Waals surface area (Å²) in [6.07, 6.45) is 0. The van der Waals surface area contributed by atoms with Gasteiger partial charge in [0.05, 0.1) is 24.7 Å². The number of nitriles is 1. The molecule has 0 aliphatic carbocycles. The number of nitrogens with one attached hydrogen (secondary N) is 2. The predicted octanol–water partition coefficient (Wildman–Crippen LogP) is 3.22. The van der Waals surface area contributed by atoms with E-state index in [1.165, 1.54) is 0 Å². The van der Waals surface area contributed by atoms with E-state index in [2.05, 4.69) is 26.6 Å². The second-order valence-corrected chi connectivity index (χ2v) is 6.51. The van der Waals surface area contributed by atoms with Gasteiger partial charge in [-0.1, -0.05) is 22.9 Å². The average Bonchev–Trinajstić information content (AvgIpc) is 2.63. The zero-order chi connectivity index (χ0) is 18.9. The highest BCUT2D eigenvalue weighted by molar-refractivity contribution is 9.10. The fraction of sp³-hybridized carbons (Fsp3) is 0.211. The van der Waals surface area contributed by atoms with Crippen LogP contribution in [0.1, 0.15) is 12.5 Å². The van der Waals surface area contributed by atoms with Crippen molar-refractivity contribution in [1.82, 2.24) is 4.90 Å². The summed E-state index contributed by atoms with van der Waals surface area (Å²) in [5.41, 5.74) is 1.85. The Bertz CT molecular complexity index is 798. The van der Waals surface area contributed by atoms with Crippen LogP contribution in [-0.4, -0.2) is 36.3 Å². The zero-order valence-electron chi connectivity index (χ0n) is 14.3. The van der Waals surface area contributed by atoms with Crippen LogP contribution in [-0.2, 0) is 9.59 Å². The van der Waals surface area contributed by atoms with E-state index in [0.29, 0.717) is 23.5 Å². The minimum absolute atomic E-state index is 0.101. The minimum Gasteiger partial charge on any atom is -0.325 e. The smallest absolute Gasteiger partial charge is 0.238 e. The van der Waals surface area contributed by atoms with Crippen molar-refractivity contribution in [3.05, 3.63) is 58.6 Å². The van der Waals surface area contributed by atoms with Crippen LogP contribution in [0.4, 0.5) is 11.4 Å². The molecule has 134 valence electrons. The molecule has 6 nitrogen and oxygen atoms in total. The number of rotatable bonds is 7. The normalized spacial score (nSPS) is 10.2. The van der Waals surface area contributed by atoms with E-state index in [4.69, 9.17) is 5.26 Å². The molecule has 2 aromatic rings. The Balaban J connectivity index is 1.85. The average molecular weight is 415 g/mol. The third-order valence-corrected chi connectivity index (χ3v) is 4.14. The lowest BCUT2D eigenvalue weighted by molar-refractivity contribution is -0.119. The molecule has 0 aliphatic rings. The van der Waals surface area contributed by atoms with E-state index in [9.17, 15) is 9.59 Å². The van der Waals surface area contributed by atoms with E-state index in [0.717, 1.165) is 4.47 Å². The quantitative estimate of drug-likeness (QED) is 0.727. The maximum atomic E-state index is 12.2. The van der Waals surface area contributed by atoms with E-state index >= 15 is 0 Å². The van der Waals surface area contributed by atoms with E-state index in [-0.39, 0.29) is 24.9 Å². The number of anilines is 2. The van der Waals surface area contributed by atoms with Gasteiger partial charge >= 0.3 is 0 Å². The van der Waals surface area contributed by atoms with Gasteiger partial charge in [0.1, 0.15) is 0 Å². The SMILES string of the molecule is CCN(CC(=O)Nc1ccc(Br)cc1)CC(=O)Nc1ccc(C#N)cc1. The van der Waals surface area contributed by atoms with Crippen molar-refractivity contribution in [2.45, 2.75) is 6.92 Å². The maximum Gasteiger partial charge on any atom is 0.238 e. The summed E-state index contributed by atoms with van der Waals surface area (Å²) in [6, 6.07) is 15.9. The van der Waals surface area contributed by atoms with Gasteiger partial charge in [-0.2, -0.15) is 5.26 Å². The number of halogens is 1. The summed E-state index contributed by atoms with van der Waals surface area (Å²) >= 11 is 3.34.